The molecule has 2 heterocycles. The van der Waals surface area contributed by atoms with Crippen LogP contribution in [0, 0.1) is 6.92 Å². The molecule has 0 radical (unpaired) electrons. The van der Waals surface area contributed by atoms with Crippen LogP contribution in [-0.4, -0.2) is 34.5 Å². The summed E-state index contributed by atoms with van der Waals surface area (Å²) in [6.07, 6.45) is 2.32. The molecule has 0 N–H and O–H groups in total. The van der Waals surface area contributed by atoms with Crippen molar-refractivity contribution >= 4 is 21.8 Å². The quantitative estimate of drug-likeness (QED) is 0.378. The van der Waals surface area contributed by atoms with E-state index in [2.05, 4.69) is 15.0 Å². The summed E-state index contributed by atoms with van der Waals surface area (Å²) in [5.41, 5.74) is 1.36. The van der Waals surface area contributed by atoms with Gasteiger partial charge in [-0.05, 0) is 24.0 Å². The van der Waals surface area contributed by atoms with E-state index in [1.807, 2.05) is 6.92 Å². The molecule has 3 aromatic rings. The Morgan fingerprint density at radius 1 is 1.31 bits per heavy atom. The van der Waals surface area contributed by atoms with Crippen LogP contribution in [0.2, 0.25) is 0 Å². The number of aromatic nitrogens is 3. The maximum Gasteiger partial charge on any atom is 1.00 e. The second-order valence-corrected chi connectivity index (χ2v) is 6.61. The maximum atomic E-state index is 12.8. The zero-order chi connectivity index (χ0) is 21.1. The predicted molar refractivity (Wildman–Crippen MR) is 96.1 cm³/mol. The number of ether oxygens (including phenoxy) is 2. The fourth-order valence-electron chi connectivity index (χ4n) is 2.21. The van der Waals surface area contributed by atoms with Crippen molar-refractivity contribution in [2.24, 2.45) is 0 Å². The topological polar surface area (TPSA) is 75.4 Å². The third-order valence-corrected chi connectivity index (χ3v) is 4.67. The molecule has 0 amide bonds. The van der Waals surface area contributed by atoms with Gasteiger partial charge in [-0.25, -0.2) is 0 Å². The van der Waals surface area contributed by atoms with Crippen LogP contribution in [0.25, 0.3) is 11.0 Å². The number of pyridine rings is 1. The molecule has 0 aliphatic rings. The van der Waals surface area contributed by atoms with E-state index >= 15 is 0 Å². The summed E-state index contributed by atoms with van der Waals surface area (Å²) >= 11 is 0. The number of para-hydroxylation sites is 2. The van der Waals surface area contributed by atoms with Gasteiger partial charge in [-0.15, -0.1) is 0 Å². The second kappa shape index (κ2) is 10.7. The fraction of sp³-hybridized carbons (Fsp3) is 0.333. The molecule has 0 aliphatic carbocycles. The first-order valence-electron chi connectivity index (χ1n) is 9.70. The number of hydrogen-bond acceptors (Lipinski definition) is 5. The normalized spacial score (nSPS) is 14.1. The Balaban J connectivity index is 0.00000320. The van der Waals surface area contributed by atoms with Gasteiger partial charge in [0.1, 0.15) is 5.75 Å². The molecule has 0 bridgehead atoms. The van der Waals surface area contributed by atoms with E-state index in [1.165, 1.54) is 0 Å². The molecule has 6 nitrogen and oxygen atoms in total. The molecule has 1 atom stereocenters. The SMILES string of the molecule is [2H]c1c([2H])c([2H])c2[n-]c(S(=O)Cc3nccc(OCCCOC)c3C)nc2c1[2H].[K+]. The molecule has 0 saturated heterocycles. The molecule has 26 heavy (non-hydrogen) atoms. The predicted octanol–water partition coefficient (Wildman–Crippen LogP) is -0.377. The zero-order valence-corrected chi connectivity index (χ0v) is 18.9. The largest absolute Gasteiger partial charge is 1.00 e. The Hall–Kier alpha value is -0.614. The van der Waals surface area contributed by atoms with Gasteiger partial charge in [-0.2, -0.15) is 0 Å². The number of fused-ring (bicyclic) bond motifs is 1. The summed E-state index contributed by atoms with van der Waals surface area (Å²) in [6.45, 7) is 2.91. The van der Waals surface area contributed by atoms with Gasteiger partial charge in [0.15, 0.2) is 0 Å². The van der Waals surface area contributed by atoms with Crippen LogP contribution in [0.1, 0.15) is 23.2 Å². The van der Waals surface area contributed by atoms with Crippen molar-refractivity contribution in [2.75, 3.05) is 20.3 Å². The van der Waals surface area contributed by atoms with Crippen LogP contribution in [0.5, 0.6) is 5.75 Å². The fourth-order valence-corrected chi connectivity index (χ4v) is 3.27. The van der Waals surface area contributed by atoms with Gasteiger partial charge in [0.25, 0.3) is 0 Å². The summed E-state index contributed by atoms with van der Waals surface area (Å²) in [5.74, 6) is 0.691. The van der Waals surface area contributed by atoms with Crippen molar-refractivity contribution in [1.82, 2.24) is 15.0 Å². The van der Waals surface area contributed by atoms with Crippen molar-refractivity contribution in [2.45, 2.75) is 24.3 Å². The summed E-state index contributed by atoms with van der Waals surface area (Å²) in [6, 6.07) is 0.368. The Morgan fingerprint density at radius 3 is 2.92 bits per heavy atom. The molecule has 2 aromatic heterocycles. The van der Waals surface area contributed by atoms with E-state index in [1.54, 1.807) is 19.4 Å². The van der Waals surface area contributed by atoms with Crippen LogP contribution in [0.15, 0.2) is 41.6 Å². The van der Waals surface area contributed by atoms with Crippen molar-refractivity contribution in [3.8, 4) is 5.75 Å². The first kappa shape index (κ1) is 16.4. The van der Waals surface area contributed by atoms with Crippen molar-refractivity contribution in [3.05, 3.63) is 47.7 Å². The third-order valence-electron chi connectivity index (χ3n) is 3.54. The van der Waals surface area contributed by atoms with Crippen LogP contribution < -0.4 is 61.1 Å². The van der Waals surface area contributed by atoms with E-state index < -0.39 is 22.9 Å². The summed E-state index contributed by atoms with van der Waals surface area (Å²) in [7, 11) is -0.0453. The van der Waals surface area contributed by atoms with Gasteiger partial charge in [0.05, 0.1) is 34.3 Å². The molecule has 1 unspecified atom stereocenters. The monoisotopic (exact) mass is 401 g/mol. The van der Waals surface area contributed by atoms with E-state index in [-0.39, 0.29) is 85.4 Å². The minimum absolute atomic E-state index is 0. The number of benzene rings is 1. The molecule has 132 valence electrons. The molecular weight excluding hydrogens is 377 g/mol. The standard InChI is InChI=1S/C18H20N3O3S.K/c1-13-16(19-9-8-17(13)24-11-5-10-23-2)12-25(22)18-20-14-6-3-4-7-15(14)21-18;/h3-4,6-9H,5,10-12H2,1-2H3;/q-1;+1/i3D,4D,6D,7D;. The number of imidazole rings is 1. The molecule has 3 rings (SSSR count). The first-order chi connectivity index (χ1) is 13.8. The van der Waals surface area contributed by atoms with Crippen molar-refractivity contribution in [1.29, 1.82) is 0 Å². The van der Waals surface area contributed by atoms with E-state index in [9.17, 15) is 4.21 Å². The molecular formula is C18H20KN3O3S. The van der Waals surface area contributed by atoms with Gasteiger partial charge in [-0.3, -0.25) is 9.19 Å². The first-order valence-corrected chi connectivity index (χ1v) is 9.02. The summed E-state index contributed by atoms with van der Waals surface area (Å²) in [4.78, 5) is 12.5. The Labute approximate surface area is 203 Å². The minimum Gasteiger partial charge on any atom is -0.493 e. The number of methoxy groups -OCH3 is 1. The number of rotatable bonds is 8. The average molecular weight is 402 g/mol. The molecule has 0 spiro atoms. The third kappa shape index (κ3) is 5.45. The van der Waals surface area contributed by atoms with Crippen LogP contribution in [-0.2, 0) is 21.3 Å². The number of nitrogens with zero attached hydrogens (tertiary/aromatic N) is 3. The van der Waals surface area contributed by atoms with E-state index in [0.717, 1.165) is 12.0 Å². The van der Waals surface area contributed by atoms with Crippen LogP contribution in [0.4, 0.5) is 0 Å². The smallest absolute Gasteiger partial charge is 0.493 e. The van der Waals surface area contributed by atoms with E-state index in [0.29, 0.717) is 24.7 Å². The summed E-state index contributed by atoms with van der Waals surface area (Å²) < 4.78 is 54.8. The molecule has 1 aromatic carbocycles. The Bertz CT molecular complexity index is 1040. The average Bonchev–Trinajstić information content (AvgIpc) is 3.16. The van der Waals surface area contributed by atoms with Gasteiger partial charge in [-0.1, -0.05) is 24.2 Å². The Morgan fingerprint density at radius 2 is 2.12 bits per heavy atom. The van der Waals surface area contributed by atoms with Gasteiger partial charge < -0.3 is 19.4 Å². The molecule has 8 heteroatoms. The molecule has 0 saturated carbocycles. The van der Waals surface area contributed by atoms with Crippen LogP contribution >= 0.6 is 0 Å². The minimum atomic E-state index is -1.67. The molecule has 0 fully saturated rings. The van der Waals surface area contributed by atoms with Gasteiger partial charge >= 0.3 is 51.4 Å². The molecule has 0 aliphatic heterocycles. The van der Waals surface area contributed by atoms with Gasteiger partial charge in [0, 0.05) is 37.1 Å². The maximum absolute atomic E-state index is 12.8. The second-order valence-electron chi connectivity index (χ2n) is 5.27. The van der Waals surface area contributed by atoms with Crippen LogP contribution in [0.3, 0.4) is 0 Å². The summed E-state index contributed by atoms with van der Waals surface area (Å²) in [5, 5.41) is -0.0420. The van der Waals surface area contributed by atoms with Gasteiger partial charge in [0.2, 0.25) is 0 Å². The Kier molecular flexibility index (Phi) is 6.70. The zero-order valence-electron chi connectivity index (χ0n) is 19.0. The van der Waals surface area contributed by atoms with Crippen molar-refractivity contribution in [3.63, 3.8) is 0 Å². The number of hydrogen-bond donors (Lipinski definition) is 0. The van der Waals surface area contributed by atoms with E-state index in [4.69, 9.17) is 15.0 Å². The van der Waals surface area contributed by atoms with Crippen molar-refractivity contribution < 1.29 is 70.6 Å².